The van der Waals surface area contributed by atoms with Gasteiger partial charge >= 0.3 is 7.12 Å². The molecule has 1 aromatic heterocycles. The van der Waals surface area contributed by atoms with Crippen LogP contribution >= 0.6 is 0 Å². The van der Waals surface area contributed by atoms with Crippen LogP contribution < -0.4 is 10.2 Å². The second-order valence-corrected chi connectivity index (χ2v) is 7.21. The first-order chi connectivity index (χ1) is 10.2. The van der Waals surface area contributed by atoms with E-state index in [-0.39, 0.29) is 12.0 Å². The van der Waals surface area contributed by atoms with Crippen LogP contribution in [0.25, 0.3) is 0 Å². The van der Waals surface area contributed by atoms with E-state index in [0.717, 1.165) is 19.3 Å². The third-order valence-electron chi connectivity index (χ3n) is 5.01. The molecule has 3 rings (SSSR count). The van der Waals surface area contributed by atoms with Crippen molar-refractivity contribution < 1.29 is 18.4 Å². The summed E-state index contributed by atoms with van der Waals surface area (Å²) in [6.45, 7) is 9.72. The van der Waals surface area contributed by atoms with Crippen molar-refractivity contribution in [2.75, 3.05) is 0 Å². The van der Waals surface area contributed by atoms with Crippen LogP contribution in [0.2, 0.25) is 0 Å². The first kappa shape index (κ1) is 15.7. The van der Waals surface area contributed by atoms with Crippen LogP contribution in [-0.2, 0) is 9.31 Å². The Labute approximate surface area is 131 Å². The van der Waals surface area contributed by atoms with Crippen LogP contribution in [0.4, 0.5) is 4.39 Å². The largest absolute Gasteiger partial charge is 0.496 e. The van der Waals surface area contributed by atoms with Gasteiger partial charge in [-0.3, -0.25) is 0 Å². The van der Waals surface area contributed by atoms with Crippen molar-refractivity contribution in [1.29, 1.82) is 0 Å². The zero-order chi connectivity index (χ0) is 16.1. The molecule has 120 valence electrons. The molecule has 0 spiro atoms. The Morgan fingerprint density at radius 1 is 1.23 bits per heavy atom. The van der Waals surface area contributed by atoms with Crippen LogP contribution in [0.3, 0.4) is 0 Å². The molecular formula is C16H23BFNO3. The SMILES string of the molecule is Cc1nc(OC2CCC2)c(F)cc1B1OC(C)(C)C(C)(C)O1. The van der Waals surface area contributed by atoms with Crippen molar-refractivity contribution in [2.45, 2.75) is 71.2 Å². The zero-order valence-corrected chi connectivity index (χ0v) is 13.9. The molecular weight excluding hydrogens is 284 g/mol. The van der Waals surface area contributed by atoms with Crippen LogP contribution in [0.5, 0.6) is 5.88 Å². The summed E-state index contributed by atoms with van der Waals surface area (Å²) in [5, 5.41) is 0. The lowest BCUT2D eigenvalue weighted by atomic mass is 9.78. The number of aryl methyl sites for hydroxylation is 1. The highest BCUT2D eigenvalue weighted by molar-refractivity contribution is 6.62. The predicted octanol–water partition coefficient (Wildman–Crippen LogP) is 2.76. The molecule has 4 nitrogen and oxygen atoms in total. The lowest BCUT2D eigenvalue weighted by Crippen LogP contribution is -2.41. The van der Waals surface area contributed by atoms with E-state index >= 15 is 0 Å². The molecule has 2 aliphatic rings. The average molecular weight is 307 g/mol. The third-order valence-corrected chi connectivity index (χ3v) is 5.01. The van der Waals surface area contributed by atoms with Gasteiger partial charge in [0, 0.05) is 11.2 Å². The van der Waals surface area contributed by atoms with Crippen LogP contribution in [-0.4, -0.2) is 29.4 Å². The maximum absolute atomic E-state index is 14.3. The summed E-state index contributed by atoms with van der Waals surface area (Å²) in [5.41, 5.74) is 0.384. The van der Waals surface area contributed by atoms with E-state index in [1.165, 1.54) is 6.07 Å². The molecule has 1 aliphatic heterocycles. The minimum Gasteiger partial charge on any atom is -0.472 e. The summed E-state index contributed by atoms with van der Waals surface area (Å²) in [6.07, 6.45) is 3.18. The average Bonchev–Trinajstić information content (AvgIpc) is 2.56. The van der Waals surface area contributed by atoms with Crippen molar-refractivity contribution in [1.82, 2.24) is 4.98 Å². The van der Waals surface area contributed by atoms with Crippen molar-refractivity contribution >= 4 is 12.6 Å². The molecule has 0 unspecified atom stereocenters. The molecule has 0 atom stereocenters. The number of hydrogen-bond donors (Lipinski definition) is 0. The topological polar surface area (TPSA) is 40.6 Å². The van der Waals surface area contributed by atoms with E-state index in [4.69, 9.17) is 14.0 Å². The van der Waals surface area contributed by atoms with Gasteiger partial charge in [-0.15, -0.1) is 0 Å². The maximum atomic E-state index is 14.3. The Kier molecular flexibility index (Phi) is 3.72. The molecule has 1 aliphatic carbocycles. The molecule has 0 N–H and O–H groups in total. The number of pyridine rings is 1. The predicted molar refractivity (Wildman–Crippen MR) is 82.9 cm³/mol. The van der Waals surface area contributed by atoms with Crippen molar-refractivity contribution in [2.24, 2.45) is 0 Å². The molecule has 2 fully saturated rings. The quantitative estimate of drug-likeness (QED) is 0.805. The molecule has 0 radical (unpaired) electrons. The van der Waals surface area contributed by atoms with Gasteiger partial charge in [-0.05, 0) is 59.9 Å². The third kappa shape index (κ3) is 2.63. The fourth-order valence-electron chi connectivity index (χ4n) is 2.51. The maximum Gasteiger partial charge on any atom is 0.496 e. The number of hydrogen-bond acceptors (Lipinski definition) is 4. The van der Waals surface area contributed by atoms with Gasteiger partial charge in [-0.1, -0.05) is 0 Å². The summed E-state index contributed by atoms with van der Waals surface area (Å²) in [6, 6.07) is 1.43. The molecule has 6 heteroatoms. The number of aromatic nitrogens is 1. The second-order valence-electron chi connectivity index (χ2n) is 7.21. The van der Waals surface area contributed by atoms with Gasteiger partial charge in [0.15, 0.2) is 5.82 Å². The van der Waals surface area contributed by atoms with E-state index in [0.29, 0.717) is 11.2 Å². The van der Waals surface area contributed by atoms with Gasteiger partial charge in [0.1, 0.15) is 6.10 Å². The Hall–Kier alpha value is -1.14. The Morgan fingerprint density at radius 2 is 1.82 bits per heavy atom. The molecule has 22 heavy (non-hydrogen) atoms. The van der Waals surface area contributed by atoms with Crippen LogP contribution in [0, 0.1) is 12.7 Å². The van der Waals surface area contributed by atoms with Gasteiger partial charge in [0.2, 0.25) is 0 Å². The van der Waals surface area contributed by atoms with E-state index < -0.39 is 24.1 Å². The highest BCUT2D eigenvalue weighted by atomic mass is 19.1. The first-order valence-corrected chi connectivity index (χ1v) is 7.89. The van der Waals surface area contributed by atoms with Gasteiger partial charge in [0.05, 0.1) is 11.2 Å². The number of nitrogens with zero attached hydrogens (tertiary/aromatic N) is 1. The summed E-state index contributed by atoms with van der Waals surface area (Å²) in [4.78, 5) is 4.28. The molecule has 0 amide bonds. The normalized spacial score (nSPS) is 23.5. The number of rotatable bonds is 3. The van der Waals surface area contributed by atoms with E-state index in [1.54, 1.807) is 0 Å². The minimum atomic E-state index is -0.607. The lowest BCUT2D eigenvalue weighted by Gasteiger charge is -2.32. The van der Waals surface area contributed by atoms with Crippen molar-refractivity contribution in [3.63, 3.8) is 0 Å². The lowest BCUT2D eigenvalue weighted by molar-refractivity contribution is 0.00578. The summed E-state index contributed by atoms with van der Waals surface area (Å²) in [7, 11) is -0.607. The Balaban J connectivity index is 1.84. The highest BCUT2D eigenvalue weighted by Crippen LogP contribution is 2.37. The molecule has 0 bridgehead atoms. The monoisotopic (exact) mass is 307 g/mol. The van der Waals surface area contributed by atoms with E-state index in [1.807, 2.05) is 34.6 Å². The van der Waals surface area contributed by atoms with Crippen LogP contribution in [0.1, 0.15) is 52.7 Å². The summed E-state index contributed by atoms with van der Waals surface area (Å²) >= 11 is 0. The standard InChI is InChI=1S/C16H23BFNO3/c1-10-12(17-21-15(2,3)16(4,5)22-17)9-13(18)14(19-10)20-11-7-6-8-11/h9,11H,6-8H2,1-5H3. The van der Waals surface area contributed by atoms with Crippen molar-refractivity contribution in [3.05, 3.63) is 17.6 Å². The Morgan fingerprint density at radius 3 is 2.32 bits per heavy atom. The summed E-state index contributed by atoms with van der Waals surface area (Å²) < 4.78 is 31.8. The second kappa shape index (κ2) is 5.20. The summed E-state index contributed by atoms with van der Waals surface area (Å²) in [5.74, 6) is -0.371. The van der Waals surface area contributed by atoms with Crippen molar-refractivity contribution in [3.8, 4) is 5.88 Å². The van der Waals surface area contributed by atoms with Gasteiger partial charge in [-0.2, -0.15) is 0 Å². The zero-order valence-electron chi connectivity index (χ0n) is 13.9. The smallest absolute Gasteiger partial charge is 0.472 e. The number of halogens is 1. The van der Waals surface area contributed by atoms with Gasteiger partial charge in [0.25, 0.3) is 5.88 Å². The molecule has 1 aromatic rings. The first-order valence-electron chi connectivity index (χ1n) is 7.89. The van der Waals surface area contributed by atoms with Gasteiger partial charge < -0.3 is 14.0 Å². The van der Waals surface area contributed by atoms with E-state index in [2.05, 4.69) is 4.98 Å². The molecule has 0 aromatic carbocycles. The van der Waals surface area contributed by atoms with Crippen LogP contribution in [0.15, 0.2) is 6.07 Å². The fourth-order valence-corrected chi connectivity index (χ4v) is 2.51. The number of ether oxygens (including phenoxy) is 1. The highest BCUT2D eigenvalue weighted by Gasteiger charge is 2.52. The molecule has 1 saturated carbocycles. The van der Waals surface area contributed by atoms with Gasteiger partial charge in [-0.25, -0.2) is 9.37 Å². The molecule has 1 saturated heterocycles. The molecule has 2 heterocycles. The minimum absolute atomic E-state index is 0.0856. The fraction of sp³-hybridized carbons (Fsp3) is 0.688. The van der Waals surface area contributed by atoms with E-state index in [9.17, 15) is 4.39 Å². The Bertz CT molecular complexity index is 571.